The predicted molar refractivity (Wildman–Crippen MR) is 263 cm³/mol. The number of rotatable bonds is 14. The standard InChI is InChI=1S/C52H74FN9O8/c1-30(2)20-39-49(66)59(10)34(9)52(69)70-45(18-15-19-54)48(65)58-41(22-32(5)6)51(68)60(11)43(23-33(7)8)46(63)57-40(21-31(3)4)50(67)61(12)44(47(64)56-39)25-36-29-62(42-17-14-13-16-38(36)42)28-35-24-37(53)27-55-26-35/h13-14,16-17,24,26-27,29-34,39-41,43-45H,15,18,20-23,25,28H2,1-12H3,(H,56,64)(H,57,63)(H,58,65)/t34-,39-,40-,41-,43-,44-,45?/m0/s1. The number of fused-ring (bicyclic) bond motifs is 1. The first-order valence-electron chi connectivity index (χ1n) is 24.4. The first-order chi connectivity index (χ1) is 32.9. The molecule has 6 amide bonds. The number of esters is 1. The van der Waals surface area contributed by atoms with E-state index < -0.39 is 89.6 Å². The molecule has 382 valence electrons. The molecule has 3 heterocycles. The Morgan fingerprint density at radius 2 is 1.20 bits per heavy atom. The lowest BCUT2D eigenvalue weighted by atomic mass is 9.96. The Hall–Kier alpha value is -6.38. The second-order valence-electron chi connectivity index (χ2n) is 20.4. The molecule has 0 saturated carbocycles. The third-order valence-electron chi connectivity index (χ3n) is 12.6. The van der Waals surface area contributed by atoms with Gasteiger partial charge in [0.15, 0.2) is 6.10 Å². The molecule has 0 spiro atoms. The summed E-state index contributed by atoms with van der Waals surface area (Å²) in [5.74, 6) is -5.91. The molecular formula is C52H74FN9O8. The maximum absolute atomic E-state index is 15.1. The normalized spacial score (nSPS) is 23.2. The van der Waals surface area contributed by atoms with Crippen molar-refractivity contribution >= 4 is 52.3 Å². The van der Waals surface area contributed by atoms with Gasteiger partial charge in [-0.25, -0.2) is 9.18 Å². The summed E-state index contributed by atoms with van der Waals surface area (Å²) in [6.07, 6.45) is 3.21. The van der Waals surface area contributed by atoms with E-state index in [9.17, 15) is 33.6 Å². The minimum atomic E-state index is -1.52. The molecule has 2 aromatic heterocycles. The SMILES string of the molecule is CC(C)C[C@@H]1NC(=O)[C@H](Cc2cn(Cc3cncc(F)c3)c3ccccc23)N(C)C(=O)[C@H](CC(C)C)NC(=O)[C@H](CC(C)C)N(C)C(=O)[C@H](CC(C)C)NC(=O)C(CCC#N)OC(=O)[C@H](C)N(C)C1=O. The van der Waals surface area contributed by atoms with Crippen LogP contribution in [0.15, 0.2) is 48.9 Å². The Morgan fingerprint density at radius 1 is 0.700 bits per heavy atom. The highest BCUT2D eigenvalue weighted by atomic mass is 19.1. The van der Waals surface area contributed by atoms with Crippen LogP contribution in [0.5, 0.6) is 0 Å². The van der Waals surface area contributed by atoms with E-state index in [1.807, 2.05) is 96.5 Å². The summed E-state index contributed by atoms with van der Waals surface area (Å²) in [5, 5.41) is 18.9. The molecule has 70 heavy (non-hydrogen) atoms. The molecule has 0 radical (unpaired) electrons. The summed E-state index contributed by atoms with van der Waals surface area (Å²) in [4.78, 5) is 109. The third kappa shape index (κ3) is 15.1. The van der Waals surface area contributed by atoms with E-state index in [-0.39, 0.29) is 75.2 Å². The fourth-order valence-corrected chi connectivity index (χ4v) is 8.81. The zero-order chi connectivity index (χ0) is 52.1. The van der Waals surface area contributed by atoms with Gasteiger partial charge >= 0.3 is 5.97 Å². The summed E-state index contributed by atoms with van der Waals surface area (Å²) in [7, 11) is 4.32. The molecule has 1 aliphatic heterocycles. The van der Waals surface area contributed by atoms with Gasteiger partial charge in [0.1, 0.15) is 42.1 Å². The van der Waals surface area contributed by atoms with Crippen molar-refractivity contribution in [2.45, 2.75) is 156 Å². The number of nitrogens with one attached hydrogen (secondary N) is 3. The van der Waals surface area contributed by atoms with Crippen molar-refractivity contribution in [3.8, 4) is 6.07 Å². The average Bonchev–Trinajstić information content (AvgIpc) is 3.63. The quantitative estimate of drug-likeness (QED) is 0.181. The van der Waals surface area contributed by atoms with Crippen molar-refractivity contribution in [1.82, 2.24) is 40.2 Å². The molecule has 1 saturated heterocycles. The van der Waals surface area contributed by atoms with E-state index in [2.05, 4.69) is 20.9 Å². The van der Waals surface area contributed by atoms with Gasteiger partial charge in [-0.15, -0.1) is 0 Å². The molecule has 1 fully saturated rings. The highest BCUT2D eigenvalue weighted by Crippen LogP contribution is 2.26. The second-order valence-corrected chi connectivity index (χ2v) is 20.4. The van der Waals surface area contributed by atoms with E-state index >= 15 is 9.59 Å². The van der Waals surface area contributed by atoms with Crippen LogP contribution in [0, 0.1) is 40.8 Å². The van der Waals surface area contributed by atoms with Crippen molar-refractivity contribution in [1.29, 1.82) is 5.26 Å². The highest BCUT2D eigenvalue weighted by molar-refractivity contribution is 5.98. The minimum Gasteiger partial charge on any atom is -0.451 e. The number of carbonyl (C=O) groups excluding carboxylic acids is 7. The fourth-order valence-electron chi connectivity index (χ4n) is 8.81. The van der Waals surface area contributed by atoms with Crippen molar-refractivity contribution < 1.29 is 42.7 Å². The van der Waals surface area contributed by atoms with E-state index in [4.69, 9.17) is 4.74 Å². The van der Waals surface area contributed by atoms with Crippen LogP contribution in [0.2, 0.25) is 0 Å². The van der Waals surface area contributed by atoms with Crippen LogP contribution in [-0.4, -0.2) is 129 Å². The molecule has 4 rings (SSSR count). The van der Waals surface area contributed by atoms with Crippen LogP contribution in [-0.2, 0) is 51.3 Å². The number of benzene rings is 1. The summed E-state index contributed by atoms with van der Waals surface area (Å²) < 4.78 is 21.9. The lowest BCUT2D eigenvalue weighted by Crippen LogP contribution is -2.60. The van der Waals surface area contributed by atoms with E-state index in [0.717, 1.165) is 22.0 Å². The number of nitrogens with zero attached hydrogens (tertiary/aromatic N) is 6. The summed E-state index contributed by atoms with van der Waals surface area (Å²) in [6, 6.07) is 3.62. The van der Waals surface area contributed by atoms with Crippen LogP contribution in [0.4, 0.5) is 4.39 Å². The Labute approximate surface area is 412 Å². The minimum absolute atomic E-state index is 0.0535. The molecule has 1 aliphatic rings. The average molecular weight is 972 g/mol. The Morgan fingerprint density at radius 3 is 1.73 bits per heavy atom. The first-order valence-corrected chi connectivity index (χ1v) is 24.4. The van der Waals surface area contributed by atoms with Crippen LogP contribution in [0.25, 0.3) is 10.9 Å². The number of nitriles is 1. The topological polar surface area (TPSA) is 216 Å². The molecular weight excluding hydrogens is 898 g/mol. The van der Waals surface area contributed by atoms with Gasteiger partial charge in [-0.2, -0.15) is 5.26 Å². The maximum atomic E-state index is 15.1. The zero-order valence-corrected chi connectivity index (χ0v) is 43.0. The number of ether oxygens (including phenoxy) is 1. The summed E-state index contributed by atoms with van der Waals surface area (Å²) in [5.41, 5.74) is 2.03. The van der Waals surface area contributed by atoms with Gasteiger partial charge in [0.25, 0.3) is 5.91 Å². The van der Waals surface area contributed by atoms with Crippen molar-refractivity contribution in [3.63, 3.8) is 0 Å². The van der Waals surface area contributed by atoms with Gasteiger partial charge in [-0.1, -0.05) is 73.6 Å². The molecule has 0 aliphatic carbocycles. The molecule has 7 atom stereocenters. The molecule has 0 bridgehead atoms. The van der Waals surface area contributed by atoms with Crippen molar-refractivity contribution in [2.24, 2.45) is 23.7 Å². The third-order valence-corrected chi connectivity index (χ3v) is 12.6. The van der Waals surface area contributed by atoms with Crippen LogP contribution in [0.3, 0.4) is 0 Å². The highest BCUT2D eigenvalue weighted by Gasteiger charge is 2.40. The number of para-hydroxylation sites is 1. The van der Waals surface area contributed by atoms with E-state index in [1.165, 1.54) is 43.9 Å². The smallest absolute Gasteiger partial charge is 0.329 e. The van der Waals surface area contributed by atoms with Gasteiger partial charge in [0.2, 0.25) is 29.5 Å². The Kier molecular flexibility index (Phi) is 20.5. The number of amides is 6. The van der Waals surface area contributed by atoms with Gasteiger partial charge in [-0.05, 0) is 79.5 Å². The van der Waals surface area contributed by atoms with Gasteiger partial charge in [0.05, 0.1) is 12.3 Å². The van der Waals surface area contributed by atoms with Crippen LogP contribution < -0.4 is 16.0 Å². The van der Waals surface area contributed by atoms with Crippen LogP contribution >= 0.6 is 0 Å². The molecule has 3 N–H and O–H groups in total. The van der Waals surface area contributed by atoms with Gasteiger partial charge in [-0.3, -0.25) is 33.8 Å². The first kappa shape index (κ1) is 56.2. The molecule has 17 nitrogen and oxygen atoms in total. The Balaban J connectivity index is 1.92. The molecule has 18 heteroatoms. The van der Waals surface area contributed by atoms with Gasteiger partial charge in [0, 0.05) is 70.2 Å². The molecule has 1 unspecified atom stereocenters. The largest absolute Gasteiger partial charge is 0.451 e. The number of cyclic esters (lactones) is 1. The number of pyridine rings is 1. The number of halogens is 1. The lowest BCUT2D eigenvalue weighted by Gasteiger charge is -2.35. The van der Waals surface area contributed by atoms with Crippen molar-refractivity contribution in [2.75, 3.05) is 21.1 Å². The van der Waals surface area contributed by atoms with Crippen LogP contribution in [0.1, 0.15) is 112 Å². The number of hydrogen-bond acceptors (Lipinski definition) is 10. The number of likely N-dealkylation sites (N-methyl/N-ethyl adjacent to an activating group) is 3. The lowest BCUT2D eigenvalue weighted by molar-refractivity contribution is -0.163. The molecule has 3 aromatic rings. The zero-order valence-electron chi connectivity index (χ0n) is 43.0. The summed E-state index contributed by atoms with van der Waals surface area (Å²) in [6.45, 7) is 16.7. The number of aromatic nitrogens is 2. The molecule has 1 aromatic carbocycles. The fraction of sp³-hybridized carbons (Fsp3) is 0.596. The van der Waals surface area contributed by atoms with Gasteiger partial charge < -0.3 is 40.0 Å². The monoisotopic (exact) mass is 972 g/mol. The Bertz CT molecular complexity index is 2380. The predicted octanol–water partition coefficient (Wildman–Crippen LogP) is 5.14. The van der Waals surface area contributed by atoms with Crippen molar-refractivity contribution in [3.05, 3.63) is 65.9 Å². The second kappa shape index (κ2) is 25.5. The maximum Gasteiger partial charge on any atom is 0.329 e. The number of carbonyl (C=O) groups is 7. The number of hydrogen-bond donors (Lipinski definition) is 3. The summed E-state index contributed by atoms with van der Waals surface area (Å²) >= 11 is 0. The van der Waals surface area contributed by atoms with E-state index in [0.29, 0.717) is 11.1 Å². The van der Waals surface area contributed by atoms with E-state index in [1.54, 1.807) is 6.20 Å².